The van der Waals surface area contributed by atoms with E-state index in [9.17, 15) is 17.6 Å². The Morgan fingerprint density at radius 2 is 2.00 bits per heavy atom. The van der Waals surface area contributed by atoms with Crippen molar-refractivity contribution in [3.8, 4) is 0 Å². The Morgan fingerprint density at radius 1 is 1.27 bits per heavy atom. The summed E-state index contributed by atoms with van der Waals surface area (Å²) in [5.41, 5.74) is -0.0134. The molecule has 2 N–H and O–H groups in total. The van der Waals surface area contributed by atoms with E-state index in [4.69, 9.17) is 0 Å². The zero-order valence-electron chi connectivity index (χ0n) is 14.3. The summed E-state index contributed by atoms with van der Waals surface area (Å²) < 4.78 is 53.8. The molecule has 0 spiro atoms. The van der Waals surface area contributed by atoms with Crippen LogP contribution < -0.4 is 10.6 Å². The number of hydrogen-bond acceptors (Lipinski definition) is 2. The van der Waals surface area contributed by atoms with Gasteiger partial charge in [0.05, 0.1) is 18.3 Å². The van der Waals surface area contributed by atoms with Crippen molar-refractivity contribution in [1.82, 2.24) is 20.4 Å². The summed E-state index contributed by atoms with van der Waals surface area (Å²) >= 11 is 0. The molecule has 0 amide bonds. The van der Waals surface area contributed by atoms with Gasteiger partial charge in [0.15, 0.2) is 5.96 Å². The fourth-order valence-corrected chi connectivity index (χ4v) is 2.24. The number of rotatable bonds is 5. The molecule has 1 aromatic heterocycles. The zero-order chi connectivity index (χ0) is 18.4. The topological polar surface area (TPSA) is 54.2 Å². The van der Waals surface area contributed by atoms with E-state index in [1.807, 2.05) is 13.1 Å². The molecule has 144 valence electrons. The zero-order valence-corrected chi connectivity index (χ0v) is 16.6. The summed E-state index contributed by atoms with van der Waals surface area (Å²) in [5.74, 6) is -0.575. The second kappa shape index (κ2) is 9.74. The predicted molar refractivity (Wildman–Crippen MR) is 102 cm³/mol. The van der Waals surface area contributed by atoms with Gasteiger partial charge in [-0.25, -0.2) is 4.39 Å². The third-order valence-corrected chi connectivity index (χ3v) is 3.44. The number of alkyl halides is 3. The Labute approximate surface area is 165 Å². The van der Waals surface area contributed by atoms with Crippen molar-refractivity contribution < 1.29 is 17.6 Å². The lowest BCUT2D eigenvalue weighted by atomic mass is 10.1. The molecule has 10 heteroatoms. The van der Waals surface area contributed by atoms with E-state index >= 15 is 0 Å². The van der Waals surface area contributed by atoms with Crippen molar-refractivity contribution in [2.45, 2.75) is 26.2 Å². The largest absolute Gasteiger partial charge is 0.416 e. The van der Waals surface area contributed by atoms with Gasteiger partial charge in [-0.15, -0.1) is 24.0 Å². The summed E-state index contributed by atoms with van der Waals surface area (Å²) in [5, 5.41) is 9.92. The third-order valence-electron chi connectivity index (χ3n) is 3.44. The molecule has 0 bridgehead atoms. The van der Waals surface area contributed by atoms with Gasteiger partial charge in [0.1, 0.15) is 5.82 Å². The Kier molecular flexibility index (Phi) is 8.31. The van der Waals surface area contributed by atoms with Crippen LogP contribution in [0.5, 0.6) is 0 Å². The number of nitrogens with zero attached hydrogens (tertiary/aromatic N) is 3. The summed E-state index contributed by atoms with van der Waals surface area (Å²) in [4.78, 5) is 3.96. The summed E-state index contributed by atoms with van der Waals surface area (Å²) in [6, 6.07) is 2.61. The molecule has 0 radical (unpaired) electrons. The maximum atomic E-state index is 13.1. The van der Waals surface area contributed by atoms with Gasteiger partial charge >= 0.3 is 6.18 Å². The normalized spacial score (nSPS) is 11.8. The maximum Gasteiger partial charge on any atom is 0.416 e. The molecule has 5 nitrogen and oxygen atoms in total. The van der Waals surface area contributed by atoms with Crippen molar-refractivity contribution >= 4 is 29.9 Å². The van der Waals surface area contributed by atoms with Gasteiger partial charge in [0.25, 0.3) is 0 Å². The van der Waals surface area contributed by atoms with Gasteiger partial charge in [-0.2, -0.15) is 18.3 Å². The van der Waals surface area contributed by atoms with Crippen LogP contribution in [0.2, 0.25) is 0 Å². The molecule has 2 aromatic rings. The lowest BCUT2D eigenvalue weighted by Gasteiger charge is -2.16. The Hall–Kier alpha value is -1.85. The lowest BCUT2D eigenvalue weighted by molar-refractivity contribution is -0.138. The molecule has 2 rings (SSSR count). The number of nitrogens with one attached hydrogen (secondary N) is 2. The van der Waals surface area contributed by atoms with Gasteiger partial charge in [-0.3, -0.25) is 9.67 Å². The van der Waals surface area contributed by atoms with Crippen molar-refractivity contribution in [3.63, 3.8) is 0 Å². The van der Waals surface area contributed by atoms with E-state index < -0.39 is 17.6 Å². The first kappa shape index (κ1) is 22.2. The second-order valence-electron chi connectivity index (χ2n) is 5.43. The van der Waals surface area contributed by atoms with E-state index in [-0.39, 0.29) is 36.1 Å². The van der Waals surface area contributed by atoms with Gasteiger partial charge in [0, 0.05) is 26.3 Å². The van der Waals surface area contributed by atoms with Crippen LogP contribution >= 0.6 is 24.0 Å². The Bertz CT molecular complexity index is 742. The van der Waals surface area contributed by atoms with E-state index in [1.165, 1.54) is 7.05 Å². The number of aromatic nitrogens is 2. The van der Waals surface area contributed by atoms with Crippen LogP contribution in [-0.4, -0.2) is 29.3 Å². The Balaban J connectivity index is 0.00000338. The molecule has 0 saturated carbocycles. The summed E-state index contributed by atoms with van der Waals surface area (Å²) in [6.07, 6.45) is -1.000. The number of aryl methyl sites for hydroxylation is 1. The van der Waals surface area contributed by atoms with Crippen molar-refractivity contribution in [3.05, 3.63) is 53.1 Å². The minimum atomic E-state index is -4.62. The molecule has 0 aliphatic heterocycles. The first-order chi connectivity index (χ1) is 11.8. The average molecular weight is 485 g/mol. The molecular formula is C16H20F4IN5. The molecule has 0 saturated heterocycles. The molecule has 0 atom stereocenters. The van der Waals surface area contributed by atoms with Crippen LogP contribution in [0, 0.1) is 12.7 Å². The fourth-order valence-electron chi connectivity index (χ4n) is 2.24. The van der Waals surface area contributed by atoms with Gasteiger partial charge in [-0.05, 0) is 30.2 Å². The monoisotopic (exact) mass is 485 g/mol. The molecule has 0 aliphatic carbocycles. The number of hydrogen-bond donors (Lipinski definition) is 2. The first-order valence-electron chi connectivity index (χ1n) is 7.59. The van der Waals surface area contributed by atoms with Gasteiger partial charge in [-0.1, -0.05) is 6.07 Å². The number of halogens is 5. The van der Waals surface area contributed by atoms with Crippen molar-refractivity contribution in [1.29, 1.82) is 0 Å². The van der Waals surface area contributed by atoms with Gasteiger partial charge < -0.3 is 10.6 Å². The number of guanidine groups is 1. The van der Waals surface area contributed by atoms with Crippen LogP contribution in [0.25, 0.3) is 0 Å². The highest BCUT2D eigenvalue weighted by molar-refractivity contribution is 14.0. The number of aliphatic imine (C=N–C) groups is 1. The highest BCUT2D eigenvalue weighted by Gasteiger charge is 2.33. The average Bonchev–Trinajstić information content (AvgIpc) is 2.96. The van der Waals surface area contributed by atoms with Crippen LogP contribution in [0.15, 0.2) is 35.6 Å². The molecule has 0 fully saturated rings. The molecule has 1 heterocycles. The highest BCUT2D eigenvalue weighted by Crippen LogP contribution is 2.32. The first-order valence-corrected chi connectivity index (χ1v) is 7.59. The Morgan fingerprint density at radius 3 is 2.58 bits per heavy atom. The highest BCUT2D eigenvalue weighted by atomic mass is 127. The third kappa shape index (κ3) is 6.46. The second-order valence-corrected chi connectivity index (χ2v) is 5.43. The standard InChI is InChI=1S/C16H19F4N5.HI/c1-11-8-24-25(10-11)6-5-22-15(21-2)23-9-12-3-4-13(17)7-14(12)16(18,19)20;/h3-4,7-8,10H,5-6,9H2,1-2H3,(H2,21,22,23);1H. The predicted octanol–water partition coefficient (Wildman–Crippen LogP) is 3.33. The molecule has 1 aromatic carbocycles. The minimum absolute atomic E-state index is 0. The SMILES string of the molecule is CN=C(NCCn1cc(C)cn1)NCc1ccc(F)cc1C(F)(F)F.I. The quantitative estimate of drug-likeness (QED) is 0.296. The van der Waals surface area contributed by atoms with Crippen molar-refractivity contribution in [2.24, 2.45) is 4.99 Å². The van der Waals surface area contributed by atoms with Crippen LogP contribution in [0.1, 0.15) is 16.7 Å². The van der Waals surface area contributed by atoms with E-state index in [2.05, 4.69) is 20.7 Å². The number of benzene rings is 1. The molecule has 26 heavy (non-hydrogen) atoms. The van der Waals surface area contributed by atoms with Crippen LogP contribution in [0.3, 0.4) is 0 Å². The fraction of sp³-hybridized carbons (Fsp3) is 0.375. The van der Waals surface area contributed by atoms with Crippen molar-refractivity contribution in [2.75, 3.05) is 13.6 Å². The summed E-state index contributed by atoms with van der Waals surface area (Å²) in [6.45, 7) is 2.88. The molecule has 0 aliphatic rings. The van der Waals surface area contributed by atoms with E-state index in [1.54, 1.807) is 10.9 Å². The van der Waals surface area contributed by atoms with Crippen LogP contribution in [-0.2, 0) is 19.3 Å². The molecule has 0 unspecified atom stereocenters. The van der Waals surface area contributed by atoms with E-state index in [0.717, 1.165) is 17.7 Å². The smallest absolute Gasteiger partial charge is 0.355 e. The minimum Gasteiger partial charge on any atom is -0.355 e. The lowest BCUT2D eigenvalue weighted by Crippen LogP contribution is -2.38. The summed E-state index contributed by atoms with van der Waals surface area (Å²) in [7, 11) is 1.52. The van der Waals surface area contributed by atoms with E-state index in [0.29, 0.717) is 25.1 Å². The maximum absolute atomic E-state index is 13.1. The van der Waals surface area contributed by atoms with Crippen LogP contribution in [0.4, 0.5) is 17.6 Å². The molecular weight excluding hydrogens is 465 g/mol. The van der Waals surface area contributed by atoms with Gasteiger partial charge in [0.2, 0.25) is 0 Å².